The number of carbonyl (C=O) groups excluding carboxylic acids is 1. The molecule has 2 rings (SSSR count). The maximum Gasteiger partial charge on any atom is 0.306 e. The van der Waals surface area contributed by atoms with E-state index in [2.05, 4.69) is 5.32 Å². The van der Waals surface area contributed by atoms with E-state index >= 15 is 0 Å². The first-order valence-corrected chi connectivity index (χ1v) is 8.66. The van der Waals surface area contributed by atoms with E-state index < -0.39 is 11.9 Å². The molecule has 6 heteroatoms. The highest BCUT2D eigenvalue weighted by atomic mass is 16.5. The zero-order chi connectivity index (χ0) is 18.4. The lowest BCUT2D eigenvalue weighted by Gasteiger charge is -2.29. The van der Waals surface area contributed by atoms with Crippen LogP contribution in [0.15, 0.2) is 24.3 Å². The molecular weight excluding hydrogens is 322 g/mol. The second-order valence-corrected chi connectivity index (χ2v) is 6.63. The molecule has 2 N–H and O–H groups in total. The lowest BCUT2D eigenvalue weighted by atomic mass is 9.81. The van der Waals surface area contributed by atoms with Gasteiger partial charge in [0.2, 0.25) is 5.91 Å². The van der Waals surface area contributed by atoms with Gasteiger partial charge in [-0.3, -0.25) is 9.59 Å². The van der Waals surface area contributed by atoms with E-state index in [9.17, 15) is 14.7 Å². The first-order valence-electron chi connectivity index (χ1n) is 8.66. The average Bonchev–Trinajstić information content (AvgIpc) is 2.63. The van der Waals surface area contributed by atoms with E-state index in [1.807, 2.05) is 31.2 Å². The third-order valence-corrected chi connectivity index (χ3v) is 4.92. The van der Waals surface area contributed by atoms with Gasteiger partial charge in [0.1, 0.15) is 11.9 Å². The lowest BCUT2D eigenvalue weighted by molar-refractivity contribution is -0.144. The van der Waals surface area contributed by atoms with Crippen LogP contribution in [0.5, 0.6) is 5.75 Å². The molecule has 1 amide bonds. The maximum absolute atomic E-state index is 12.5. The highest BCUT2D eigenvalue weighted by Gasteiger charge is 2.32. The standard InChI is InChI=1S/C19H27NO5/c1-12(17(25-3)13-7-9-16(24-2)10-8-13)20-18(21)14-5-4-6-15(11-14)19(22)23/h7-10,12,14-15,17H,4-6,11H2,1-3H3,(H,20,21)(H,22,23). The molecule has 4 unspecified atom stereocenters. The summed E-state index contributed by atoms with van der Waals surface area (Å²) in [5.41, 5.74) is 0.947. The molecule has 0 spiro atoms. The fourth-order valence-corrected chi connectivity index (χ4v) is 3.49. The Morgan fingerprint density at radius 2 is 1.80 bits per heavy atom. The fraction of sp³-hybridized carbons (Fsp3) is 0.579. The molecule has 1 saturated carbocycles. The quantitative estimate of drug-likeness (QED) is 0.791. The molecule has 1 aliphatic carbocycles. The summed E-state index contributed by atoms with van der Waals surface area (Å²) in [6.07, 6.45) is 2.29. The molecule has 1 aromatic carbocycles. The Morgan fingerprint density at radius 1 is 1.16 bits per heavy atom. The van der Waals surface area contributed by atoms with Crippen LogP contribution in [0.2, 0.25) is 0 Å². The number of hydrogen-bond acceptors (Lipinski definition) is 4. The summed E-state index contributed by atoms with van der Waals surface area (Å²) in [6, 6.07) is 7.31. The van der Waals surface area contributed by atoms with E-state index in [0.717, 1.165) is 24.2 Å². The van der Waals surface area contributed by atoms with Gasteiger partial charge in [-0.15, -0.1) is 0 Å². The first kappa shape index (κ1) is 19.2. The molecule has 0 radical (unpaired) electrons. The van der Waals surface area contributed by atoms with Gasteiger partial charge >= 0.3 is 5.97 Å². The van der Waals surface area contributed by atoms with Crippen molar-refractivity contribution in [1.82, 2.24) is 5.32 Å². The number of nitrogens with one attached hydrogen (secondary N) is 1. The van der Waals surface area contributed by atoms with Crippen LogP contribution >= 0.6 is 0 Å². The number of methoxy groups -OCH3 is 2. The van der Waals surface area contributed by atoms with Gasteiger partial charge in [0.15, 0.2) is 0 Å². The van der Waals surface area contributed by atoms with Crippen molar-refractivity contribution in [2.45, 2.75) is 44.8 Å². The molecule has 0 bridgehead atoms. The summed E-state index contributed by atoms with van der Waals surface area (Å²) in [4.78, 5) is 23.7. The van der Waals surface area contributed by atoms with Crippen molar-refractivity contribution in [2.75, 3.05) is 14.2 Å². The molecule has 1 aliphatic rings. The van der Waals surface area contributed by atoms with Crippen LogP contribution in [-0.4, -0.2) is 37.2 Å². The van der Waals surface area contributed by atoms with Crippen LogP contribution in [0.1, 0.15) is 44.3 Å². The second kappa shape index (κ2) is 8.85. The lowest BCUT2D eigenvalue weighted by Crippen LogP contribution is -2.42. The Kier molecular flexibility index (Phi) is 6.82. The monoisotopic (exact) mass is 349 g/mol. The Bertz CT molecular complexity index is 586. The molecule has 0 saturated heterocycles. The molecule has 0 aliphatic heterocycles. The Morgan fingerprint density at radius 3 is 2.36 bits per heavy atom. The van der Waals surface area contributed by atoms with Crippen LogP contribution in [-0.2, 0) is 14.3 Å². The van der Waals surface area contributed by atoms with Gasteiger partial charge in [-0.1, -0.05) is 18.6 Å². The van der Waals surface area contributed by atoms with E-state index in [-0.39, 0.29) is 24.0 Å². The number of ether oxygens (including phenoxy) is 2. The SMILES string of the molecule is COc1ccc(C(OC)C(C)NC(=O)C2CCCC(C(=O)O)C2)cc1. The normalized spacial score (nSPS) is 22.7. The highest BCUT2D eigenvalue weighted by molar-refractivity contribution is 5.80. The zero-order valence-corrected chi connectivity index (χ0v) is 15.0. The predicted octanol–water partition coefficient (Wildman–Crippen LogP) is 2.78. The zero-order valence-electron chi connectivity index (χ0n) is 15.0. The van der Waals surface area contributed by atoms with Crippen molar-refractivity contribution < 1.29 is 24.2 Å². The van der Waals surface area contributed by atoms with Crippen molar-refractivity contribution in [2.24, 2.45) is 11.8 Å². The van der Waals surface area contributed by atoms with Gasteiger partial charge in [0.25, 0.3) is 0 Å². The van der Waals surface area contributed by atoms with Crippen LogP contribution in [0, 0.1) is 11.8 Å². The molecule has 6 nitrogen and oxygen atoms in total. The molecule has 138 valence electrons. The Balaban J connectivity index is 1.99. The van der Waals surface area contributed by atoms with E-state index in [1.54, 1.807) is 14.2 Å². The van der Waals surface area contributed by atoms with Crippen molar-refractivity contribution in [3.05, 3.63) is 29.8 Å². The van der Waals surface area contributed by atoms with Crippen molar-refractivity contribution in [3.63, 3.8) is 0 Å². The number of amides is 1. The van der Waals surface area contributed by atoms with Crippen LogP contribution < -0.4 is 10.1 Å². The number of carboxylic acids is 1. The van der Waals surface area contributed by atoms with Gasteiger partial charge < -0.3 is 19.9 Å². The van der Waals surface area contributed by atoms with E-state index in [0.29, 0.717) is 12.8 Å². The molecule has 25 heavy (non-hydrogen) atoms. The van der Waals surface area contributed by atoms with Gasteiger partial charge in [0, 0.05) is 13.0 Å². The largest absolute Gasteiger partial charge is 0.497 e. The third-order valence-electron chi connectivity index (χ3n) is 4.92. The first-order chi connectivity index (χ1) is 12.0. The van der Waals surface area contributed by atoms with E-state index in [4.69, 9.17) is 9.47 Å². The molecule has 1 fully saturated rings. The average molecular weight is 349 g/mol. The molecule has 1 aromatic rings. The maximum atomic E-state index is 12.5. The summed E-state index contributed by atoms with van der Waals surface area (Å²) >= 11 is 0. The van der Waals surface area contributed by atoms with Crippen molar-refractivity contribution in [3.8, 4) is 5.75 Å². The molecular formula is C19H27NO5. The number of hydrogen-bond donors (Lipinski definition) is 2. The summed E-state index contributed by atoms with van der Waals surface area (Å²) < 4.78 is 10.7. The van der Waals surface area contributed by atoms with E-state index in [1.165, 1.54) is 0 Å². The molecule has 4 atom stereocenters. The number of carbonyl (C=O) groups is 2. The fourth-order valence-electron chi connectivity index (χ4n) is 3.49. The van der Waals surface area contributed by atoms with Gasteiger partial charge in [-0.2, -0.15) is 0 Å². The predicted molar refractivity (Wildman–Crippen MR) is 93.4 cm³/mol. The smallest absolute Gasteiger partial charge is 0.306 e. The number of benzene rings is 1. The second-order valence-electron chi connectivity index (χ2n) is 6.63. The van der Waals surface area contributed by atoms with Crippen LogP contribution in [0.25, 0.3) is 0 Å². The Hall–Kier alpha value is -2.08. The van der Waals surface area contributed by atoms with Crippen molar-refractivity contribution >= 4 is 11.9 Å². The number of rotatable bonds is 7. The minimum Gasteiger partial charge on any atom is -0.497 e. The van der Waals surface area contributed by atoms with Gasteiger partial charge in [-0.25, -0.2) is 0 Å². The third kappa shape index (κ3) is 4.95. The summed E-state index contributed by atoms with van der Waals surface area (Å²) in [6.45, 7) is 1.90. The summed E-state index contributed by atoms with van der Waals surface area (Å²) in [7, 11) is 3.22. The number of aliphatic carboxylic acids is 1. The Labute approximate surface area is 148 Å². The van der Waals surface area contributed by atoms with Gasteiger partial charge in [0.05, 0.1) is 19.1 Å². The minimum absolute atomic E-state index is 0.0889. The van der Waals surface area contributed by atoms with Crippen LogP contribution in [0.3, 0.4) is 0 Å². The van der Waals surface area contributed by atoms with Crippen LogP contribution in [0.4, 0.5) is 0 Å². The summed E-state index contributed by atoms with van der Waals surface area (Å²) in [5, 5.41) is 12.2. The number of carboxylic acid groups (broad SMARTS) is 1. The summed E-state index contributed by atoms with van der Waals surface area (Å²) in [5.74, 6) is -0.796. The molecule has 0 aromatic heterocycles. The van der Waals surface area contributed by atoms with Crippen molar-refractivity contribution in [1.29, 1.82) is 0 Å². The minimum atomic E-state index is -0.807. The van der Waals surface area contributed by atoms with Gasteiger partial charge in [-0.05, 0) is 43.9 Å². The topological polar surface area (TPSA) is 84.9 Å². The highest BCUT2D eigenvalue weighted by Crippen LogP contribution is 2.30. The molecule has 0 heterocycles.